The topological polar surface area (TPSA) is 46.2 Å². The third-order valence-electron chi connectivity index (χ3n) is 2.81. The maximum atomic E-state index is 13.0. The lowest BCUT2D eigenvalue weighted by atomic mass is 9.88. The highest BCUT2D eigenvalue weighted by Crippen LogP contribution is 2.29. The summed E-state index contributed by atoms with van der Waals surface area (Å²) in [6, 6.07) is 4.28. The predicted octanol–water partition coefficient (Wildman–Crippen LogP) is 3.13. The van der Waals surface area contributed by atoms with Gasteiger partial charge in [0.2, 0.25) is 0 Å². The number of rotatable bonds is 5. The minimum atomic E-state index is -0.694. The van der Waals surface area contributed by atoms with E-state index in [2.05, 4.69) is 13.8 Å². The second-order valence-corrected chi connectivity index (χ2v) is 5.15. The summed E-state index contributed by atoms with van der Waals surface area (Å²) in [4.78, 5) is 0. The van der Waals surface area contributed by atoms with Crippen molar-refractivity contribution < 1.29 is 9.50 Å². The van der Waals surface area contributed by atoms with Crippen LogP contribution in [0, 0.1) is 17.7 Å². The zero-order valence-corrected chi connectivity index (χ0v) is 10.9. The fourth-order valence-corrected chi connectivity index (χ4v) is 2.12. The number of nitrogens with two attached hydrogens (primary N) is 1. The Kier molecular flexibility index (Phi) is 5.37. The van der Waals surface area contributed by atoms with Crippen molar-refractivity contribution in [3.05, 3.63) is 34.6 Å². The second-order valence-electron chi connectivity index (χ2n) is 4.74. The van der Waals surface area contributed by atoms with Gasteiger partial charge in [-0.25, -0.2) is 4.39 Å². The second kappa shape index (κ2) is 6.34. The molecule has 0 saturated heterocycles. The molecule has 0 aliphatic rings. The maximum Gasteiger partial charge on any atom is 0.141 e. The Balaban J connectivity index is 2.85. The van der Waals surface area contributed by atoms with Crippen LogP contribution in [-0.2, 0) is 0 Å². The van der Waals surface area contributed by atoms with Gasteiger partial charge in [-0.3, -0.25) is 0 Å². The maximum absolute atomic E-state index is 13.0. The van der Waals surface area contributed by atoms with Gasteiger partial charge in [0.15, 0.2) is 0 Å². The summed E-state index contributed by atoms with van der Waals surface area (Å²) in [6.07, 6.45) is 0.132. The van der Waals surface area contributed by atoms with Gasteiger partial charge >= 0.3 is 0 Å². The molecule has 0 aliphatic carbocycles. The zero-order valence-electron chi connectivity index (χ0n) is 10.2. The van der Waals surface area contributed by atoms with E-state index < -0.39 is 11.9 Å². The number of hydrogen-bond acceptors (Lipinski definition) is 2. The Bertz CT molecular complexity index is 370. The van der Waals surface area contributed by atoms with Gasteiger partial charge in [-0.1, -0.05) is 31.5 Å². The molecule has 0 heterocycles. The first-order valence-electron chi connectivity index (χ1n) is 5.78. The molecule has 1 aromatic rings. The molecule has 0 aliphatic heterocycles. The van der Waals surface area contributed by atoms with Crippen molar-refractivity contribution in [3.63, 3.8) is 0 Å². The Morgan fingerprint density at radius 1 is 1.41 bits per heavy atom. The van der Waals surface area contributed by atoms with Gasteiger partial charge in [0, 0.05) is 5.92 Å². The van der Waals surface area contributed by atoms with Gasteiger partial charge in [-0.15, -0.1) is 0 Å². The van der Waals surface area contributed by atoms with Crippen molar-refractivity contribution in [1.82, 2.24) is 0 Å². The molecular formula is C13H19ClFNO. The number of aliphatic hydroxyl groups is 1. The summed E-state index contributed by atoms with van der Waals surface area (Å²) < 4.78 is 13.0. The molecule has 2 nitrogen and oxygen atoms in total. The lowest BCUT2D eigenvalue weighted by Crippen LogP contribution is -2.23. The van der Waals surface area contributed by atoms with Crippen LogP contribution in [0.25, 0.3) is 0 Å². The van der Waals surface area contributed by atoms with Crippen molar-refractivity contribution in [2.24, 2.45) is 17.6 Å². The number of halogens is 2. The van der Waals surface area contributed by atoms with Crippen molar-refractivity contribution in [1.29, 1.82) is 0 Å². The van der Waals surface area contributed by atoms with E-state index in [0.717, 1.165) is 6.42 Å². The molecule has 2 unspecified atom stereocenters. The van der Waals surface area contributed by atoms with Crippen molar-refractivity contribution in [2.45, 2.75) is 26.4 Å². The first kappa shape index (κ1) is 14.4. The van der Waals surface area contributed by atoms with Crippen molar-refractivity contribution >= 4 is 11.6 Å². The molecule has 17 heavy (non-hydrogen) atoms. The molecule has 0 fully saturated rings. The fraction of sp³-hybridized carbons (Fsp3) is 0.538. The molecule has 0 amide bonds. The molecule has 96 valence electrons. The van der Waals surface area contributed by atoms with Crippen molar-refractivity contribution in [2.75, 3.05) is 6.54 Å². The first-order chi connectivity index (χ1) is 7.95. The number of aliphatic hydroxyl groups excluding tert-OH is 1. The summed E-state index contributed by atoms with van der Waals surface area (Å²) in [6.45, 7) is 4.55. The van der Waals surface area contributed by atoms with Crippen LogP contribution in [0.1, 0.15) is 31.9 Å². The van der Waals surface area contributed by atoms with Gasteiger partial charge in [-0.2, -0.15) is 0 Å². The molecular weight excluding hydrogens is 241 g/mol. The van der Waals surface area contributed by atoms with Gasteiger partial charge in [0.1, 0.15) is 5.82 Å². The minimum Gasteiger partial charge on any atom is -0.388 e. The molecule has 0 aromatic heterocycles. The average Bonchev–Trinajstić information content (AvgIpc) is 2.28. The largest absolute Gasteiger partial charge is 0.388 e. The van der Waals surface area contributed by atoms with Crippen LogP contribution in [0.4, 0.5) is 4.39 Å². The summed E-state index contributed by atoms with van der Waals surface area (Å²) in [5, 5.41) is 10.2. The van der Waals surface area contributed by atoms with E-state index in [1.165, 1.54) is 12.1 Å². The normalized spacial score (nSPS) is 15.0. The lowest BCUT2D eigenvalue weighted by molar-refractivity contribution is 0.0994. The first-order valence-corrected chi connectivity index (χ1v) is 6.16. The monoisotopic (exact) mass is 259 g/mol. The molecule has 2 atom stereocenters. The number of benzene rings is 1. The summed E-state index contributed by atoms with van der Waals surface area (Å²) >= 11 is 5.69. The Morgan fingerprint density at radius 2 is 2.06 bits per heavy atom. The lowest BCUT2D eigenvalue weighted by Gasteiger charge is -2.23. The van der Waals surface area contributed by atoms with E-state index in [4.69, 9.17) is 17.3 Å². The zero-order chi connectivity index (χ0) is 13.0. The van der Waals surface area contributed by atoms with Gasteiger partial charge in [0.05, 0.1) is 11.1 Å². The minimum absolute atomic E-state index is 0.0295. The molecule has 1 aromatic carbocycles. The van der Waals surface area contributed by atoms with E-state index in [0.29, 0.717) is 18.0 Å². The summed E-state index contributed by atoms with van der Waals surface area (Å²) in [7, 11) is 0. The van der Waals surface area contributed by atoms with Crippen LogP contribution in [0.5, 0.6) is 0 Å². The Labute approximate surface area is 107 Å². The third-order valence-corrected chi connectivity index (χ3v) is 3.10. The van der Waals surface area contributed by atoms with Crippen LogP contribution in [0.2, 0.25) is 5.02 Å². The molecule has 4 heteroatoms. The van der Waals surface area contributed by atoms with Gasteiger partial charge < -0.3 is 10.8 Å². The predicted molar refractivity (Wildman–Crippen MR) is 68.4 cm³/mol. The van der Waals surface area contributed by atoms with E-state index >= 15 is 0 Å². The van der Waals surface area contributed by atoms with E-state index in [1.54, 1.807) is 6.07 Å². The number of hydrogen-bond donors (Lipinski definition) is 2. The van der Waals surface area contributed by atoms with Crippen LogP contribution >= 0.6 is 11.6 Å². The molecule has 0 spiro atoms. The molecule has 0 bridgehead atoms. The average molecular weight is 260 g/mol. The molecule has 0 radical (unpaired) electrons. The SMILES string of the molecule is CC(C)CC(CN)C(O)c1ccc(F)c(Cl)c1. The van der Waals surface area contributed by atoms with E-state index in [1.807, 2.05) is 0 Å². The summed E-state index contributed by atoms with van der Waals surface area (Å²) in [5.41, 5.74) is 6.28. The highest BCUT2D eigenvalue weighted by Gasteiger charge is 2.21. The Hall–Kier alpha value is -0.640. The smallest absolute Gasteiger partial charge is 0.141 e. The molecule has 0 saturated carbocycles. The molecule has 3 N–H and O–H groups in total. The highest BCUT2D eigenvalue weighted by molar-refractivity contribution is 6.30. The van der Waals surface area contributed by atoms with Crippen LogP contribution in [0.3, 0.4) is 0 Å². The fourth-order valence-electron chi connectivity index (χ4n) is 1.93. The Morgan fingerprint density at radius 3 is 2.53 bits per heavy atom. The van der Waals surface area contributed by atoms with Crippen LogP contribution in [-0.4, -0.2) is 11.7 Å². The third kappa shape index (κ3) is 3.95. The summed E-state index contributed by atoms with van der Waals surface area (Å²) in [5.74, 6) is -0.0542. The van der Waals surface area contributed by atoms with Crippen LogP contribution in [0.15, 0.2) is 18.2 Å². The van der Waals surface area contributed by atoms with E-state index in [-0.39, 0.29) is 10.9 Å². The standard InChI is InChI=1S/C13H19ClFNO/c1-8(2)5-10(7-16)13(17)9-3-4-12(15)11(14)6-9/h3-4,6,8,10,13,17H,5,7,16H2,1-2H3. The quantitative estimate of drug-likeness (QED) is 0.853. The van der Waals surface area contributed by atoms with Gasteiger partial charge in [0.25, 0.3) is 0 Å². The van der Waals surface area contributed by atoms with Crippen LogP contribution < -0.4 is 5.73 Å². The highest BCUT2D eigenvalue weighted by atomic mass is 35.5. The van der Waals surface area contributed by atoms with Gasteiger partial charge in [-0.05, 0) is 36.6 Å². The van der Waals surface area contributed by atoms with E-state index in [9.17, 15) is 9.50 Å². The molecule has 1 rings (SSSR count). The van der Waals surface area contributed by atoms with Crippen molar-refractivity contribution in [3.8, 4) is 0 Å².